The standard InChI is InChI=1S/C8H9FNO/c1-5(10)6-2-3-8(11)7(9)4-6/h2-5,10-11H,1H3/q-1/t5-/m0/s1. The van der Waals surface area contributed by atoms with Crippen molar-refractivity contribution in [2.75, 3.05) is 0 Å². The molecule has 0 fully saturated rings. The smallest absolute Gasteiger partial charge is 0.165 e. The van der Waals surface area contributed by atoms with Gasteiger partial charge in [-0.25, -0.2) is 4.39 Å². The summed E-state index contributed by atoms with van der Waals surface area (Å²) in [5.74, 6) is -1.03. The van der Waals surface area contributed by atoms with Crippen LogP contribution in [0.5, 0.6) is 5.75 Å². The summed E-state index contributed by atoms with van der Waals surface area (Å²) in [7, 11) is 0. The van der Waals surface area contributed by atoms with E-state index >= 15 is 0 Å². The van der Waals surface area contributed by atoms with Gasteiger partial charge in [-0.1, -0.05) is 18.6 Å². The molecule has 0 amide bonds. The summed E-state index contributed by atoms with van der Waals surface area (Å²) in [5.41, 5.74) is 7.81. The lowest BCUT2D eigenvalue weighted by Gasteiger charge is -2.13. The predicted molar refractivity (Wildman–Crippen MR) is 40.8 cm³/mol. The number of hydrogen-bond donors (Lipinski definition) is 1. The summed E-state index contributed by atoms with van der Waals surface area (Å²) in [4.78, 5) is 0. The van der Waals surface area contributed by atoms with Crippen molar-refractivity contribution in [3.8, 4) is 5.75 Å². The number of halogens is 1. The zero-order valence-corrected chi connectivity index (χ0v) is 6.13. The predicted octanol–water partition coefficient (Wildman–Crippen LogP) is 2.64. The van der Waals surface area contributed by atoms with E-state index in [1.807, 2.05) is 0 Å². The van der Waals surface area contributed by atoms with Crippen LogP contribution in [0.2, 0.25) is 0 Å². The van der Waals surface area contributed by atoms with Crippen molar-refractivity contribution in [3.63, 3.8) is 0 Å². The first kappa shape index (κ1) is 8.01. The zero-order chi connectivity index (χ0) is 8.43. The summed E-state index contributed by atoms with van der Waals surface area (Å²) >= 11 is 0. The van der Waals surface area contributed by atoms with Crippen molar-refractivity contribution in [1.82, 2.24) is 0 Å². The van der Waals surface area contributed by atoms with Crippen LogP contribution in [0.1, 0.15) is 18.5 Å². The first-order chi connectivity index (χ1) is 5.11. The minimum absolute atomic E-state index is 0.366. The fourth-order valence-electron chi connectivity index (χ4n) is 0.792. The van der Waals surface area contributed by atoms with Gasteiger partial charge in [0.1, 0.15) is 0 Å². The van der Waals surface area contributed by atoms with Crippen LogP contribution < -0.4 is 0 Å². The van der Waals surface area contributed by atoms with E-state index in [-0.39, 0.29) is 5.75 Å². The Balaban J connectivity index is 3.05. The van der Waals surface area contributed by atoms with Crippen molar-refractivity contribution >= 4 is 0 Å². The van der Waals surface area contributed by atoms with Crippen molar-refractivity contribution in [1.29, 1.82) is 0 Å². The van der Waals surface area contributed by atoms with Gasteiger partial charge in [-0.15, -0.1) is 6.04 Å². The average Bonchev–Trinajstić information content (AvgIpc) is 1.94. The molecule has 1 aromatic rings. The third-order valence-electron chi connectivity index (χ3n) is 1.47. The number of benzene rings is 1. The number of rotatable bonds is 1. The van der Waals surface area contributed by atoms with Crippen LogP contribution in [0.25, 0.3) is 5.73 Å². The van der Waals surface area contributed by atoms with Crippen LogP contribution in [0.4, 0.5) is 4.39 Å². The molecule has 0 bridgehead atoms. The van der Waals surface area contributed by atoms with Gasteiger partial charge in [-0.05, 0) is 12.1 Å². The Labute approximate surface area is 64.5 Å². The van der Waals surface area contributed by atoms with Gasteiger partial charge in [0.15, 0.2) is 11.6 Å². The Morgan fingerprint density at radius 2 is 2.18 bits per heavy atom. The maximum Gasteiger partial charge on any atom is 0.165 e. The summed E-state index contributed by atoms with van der Waals surface area (Å²) in [5, 5.41) is 8.79. The molecule has 0 heterocycles. The lowest BCUT2D eigenvalue weighted by atomic mass is 10.1. The third kappa shape index (κ3) is 1.68. The number of phenolic OH excluding ortho intramolecular Hbond substituents is 1. The number of aromatic hydroxyl groups is 1. The Bertz CT molecular complexity index is 260. The molecule has 2 nitrogen and oxygen atoms in total. The van der Waals surface area contributed by atoms with Gasteiger partial charge in [0, 0.05) is 0 Å². The fourth-order valence-corrected chi connectivity index (χ4v) is 0.792. The lowest BCUT2D eigenvalue weighted by molar-refractivity contribution is 0.431. The van der Waals surface area contributed by atoms with E-state index in [2.05, 4.69) is 0 Å². The summed E-state index contributed by atoms with van der Waals surface area (Å²) in [6.07, 6.45) is 0. The molecule has 0 aromatic heterocycles. The lowest BCUT2D eigenvalue weighted by Crippen LogP contribution is -1.87. The van der Waals surface area contributed by atoms with Gasteiger partial charge in [-0.3, -0.25) is 0 Å². The van der Waals surface area contributed by atoms with Crippen molar-refractivity contribution in [3.05, 3.63) is 35.3 Å². The summed E-state index contributed by atoms with van der Waals surface area (Å²) < 4.78 is 12.6. The van der Waals surface area contributed by atoms with Gasteiger partial charge < -0.3 is 10.8 Å². The second-order valence-electron chi connectivity index (χ2n) is 2.43. The minimum Gasteiger partial charge on any atom is -0.671 e. The second-order valence-corrected chi connectivity index (χ2v) is 2.43. The van der Waals surface area contributed by atoms with E-state index in [4.69, 9.17) is 10.8 Å². The molecule has 60 valence electrons. The number of nitrogens with one attached hydrogen (secondary N) is 1. The molecule has 1 atom stereocenters. The van der Waals surface area contributed by atoms with Crippen molar-refractivity contribution in [2.45, 2.75) is 13.0 Å². The fraction of sp³-hybridized carbons (Fsp3) is 0.250. The minimum atomic E-state index is -0.665. The van der Waals surface area contributed by atoms with Crippen LogP contribution >= 0.6 is 0 Å². The molecule has 1 aromatic carbocycles. The van der Waals surface area contributed by atoms with E-state index in [0.29, 0.717) is 5.56 Å². The first-order valence-electron chi connectivity index (χ1n) is 3.31. The SMILES string of the molecule is C[C@H]([NH-])c1ccc(O)c(F)c1. The van der Waals surface area contributed by atoms with Gasteiger partial charge >= 0.3 is 0 Å². The monoisotopic (exact) mass is 154 g/mol. The third-order valence-corrected chi connectivity index (χ3v) is 1.47. The van der Waals surface area contributed by atoms with Crippen LogP contribution in [0, 0.1) is 5.82 Å². The Morgan fingerprint density at radius 1 is 1.55 bits per heavy atom. The number of hydrogen-bond acceptors (Lipinski definition) is 1. The van der Waals surface area contributed by atoms with Crippen LogP contribution in [0.15, 0.2) is 18.2 Å². The average molecular weight is 154 g/mol. The Kier molecular flexibility index (Phi) is 2.10. The highest BCUT2D eigenvalue weighted by molar-refractivity contribution is 5.30. The quantitative estimate of drug-likeness (QED) is 0.663. The molecule has 11 heavy (non-hydrogen) atoms. The maximum atomic E-state index is 12.6. The van der Waals surface area contributed by atoms with Gasteiger partial charge in [-0.2, -0.15) is 0 Å². The molecule has 0 unspecified atom stereocenters. The van der Waals surface area contributed by atoms with Gasteiger partial charge in [0.25, 0.3) is 0 Å². The summed E-state index contributed by atoms with van der Waals surface area (Å²) in [6, 6.07) is 3.52. The van der Waals surface area contributed by atoms with Gasteiger partial charge in [0.2, 0.25) is 0 Å². The molecule has 0 saturated heterocycles. The summed E-state index contributed by atoms with van der Waals surface area (Å²) in [6.45, 7) is 1.64. The zero-order valence-electron chi connectivity index (χ0n) is 6.13. The Morgan fingerprint density at radius 3 is 2.64 bits per heavy atom. The molecule has 0 aliphatic rings. The maximum absolute atomic E-state index is 12.6. The molecule has 0 aliphatic carbocycles. The van der Waals surface area contributed by atoms with Crippen LogP contribution in [-0.4, -0.2) is 5.11 Å². The van der Waals surface area contributed by atoms with E-state index in [1.165, 1.54) is 18.2 Å². The molecule has 0 radical (unpaired) electrons. The highest BCUT2D eigenvalue weighted by Gasteiger charge is 2.00. The molecule has 0 aliphatic heterocycles. The molecular formula is C8H9FNO-. The van der Waals surface area contributed by atoms with Crippen molar-refractivity contribution in [2.24, 2.45) is 0 Å². The first-order valence-corrected chi connectivity index (χ1v) is 3.31. The topological polar surface area (TPSA) is 44.0 Å². The highest BCUT2D eigenvalue weighted by Crippen LogP contribution is 2.21. The second kappa shape index (κ2) is 2.88. The molecule has 2 N–H and O–H groups in total. The molecular weight excluding hydrogens is 145 g/mol. The van der Waals surface area contributed by atoms with Crippen molar-refractivity contribution < 1.29 is 9.50 Å². The molecule has 1 rings (SSSR count). The normalized spacial score (nSPS) is 13.0. The van der Waals surface area contributed by atoms with Crippen LogP contribution in [0.3, 0.4) is 0 Å². The van der Waals surface area contributed by atoms with Crippen LogP contribution in [-0.2, 0) is 0 Å². The van der Waals surface area contributed by atoms with E-state index < -0.39 is 11.9 Å². The highest BCUT2D eigenvalue weighted by atomic mass is 19.1. The van der Waals surface area contributed by atoms with E-state index in [9.17, 15) is 4.39 Å². The van der Waals surface area contributed by atoms with E-state index in [1.54, 1.807) is 6.92 Å². The largest absolute Gasteiger partial charge is 0.671 e. The molecule has 3 heteroatoms. The van der Waals surface area contributed by atoms with E-state index in [0.717, 1.165) is 0 Å². The number of phenols is 1. The Hall–Kier alpha value is -1.09. The molecule has 0 spiro atoms. The van der Waals surface area contributed by atoms with Gasteiger partial charge in [0.05, 0.1) is 0 Å². The molecule has 0 saturated carbocycles.